The van der Waals surface area contributed by atoms with E-state index >= 15 is 0 Å². The third kappa shape index (κ3) is 4.13. The van der Waals surface area contributed by atoms with Gasteiger partial charge in [-0.2, -0.15) is 0 Å². The van der Waals surface area contributed by atoms with Gasteiger partial charge >= 0.3 is 7.12 Å². The molecule has 0 unspecified atom stereocenters. The Labute approximate surface area is 199 Å². The Kier molecular flexibility index (Phi) is 5.54. The van der Waals surface area contributed by atoms with E-state index in [0.717, 1.165) is 11.1 Å². The van der Waals surface area contributed by atoms with Crippen LogP contribution in [0.5, 0.6) is 0 Å². The van der Waals surface area contributed by atoms with E-state index in [9.17, 15) is 4.39 Å². The first-order valence-corrected chi connectivity index (χ1v) is 11.3. The molecule has 170 valence electrons. The average molecular weight is 453 g/mol. The van der Waals surface area contributed by atoms with E-state index in [1.807, 2.05) is 88.4 Å². The molecule has 5 nitrogen and oxygen atoms in total. The fourth-order valence-corrected chi connectivity index (χ4v) is 3.77. The van der Waals surface area contributed by atoms with Crippen LogP contribution >= 0.6 is 0 Å². The third-order valence-corrected chi connectivity index (χ3v) is 6.46. The first kappa shape index (κ1) is 22.4. The zero-order valence-corrected chi connectivity index (χ0v) is 19.6. The summed E-state index contributed by atoms with van der Waals surface area (Å²) in [7, 11) is -0.825. The van der Waals surface area contributed by atoms with Crippen LogP contribution in [0.3, 0.4) is 0 Å². The second kappa shape index (κ2) is 8.42. The molecule has 0 radical (unpaired) electrons. The molecule has 0 N–H and O–H groups in total. The maximum atomic E-state index is 14.9. The molecule has 1 aliphatic rings. The lowest BCUT2D eigenvalue weighted by Crippen LogP contribution is -2.41. The molecule has 1 aliphatic heterocycles. The molecule has 4 aromatic rings. The van der Waals surface area contributed by atoms with Gasteiger partial charge in [-0.05, 0) is 45.9 Å². The van der Waals surface area contributed by atoms with Gasteiger partial charge in [0.15, 0.2) is 17.5 Å². The first-order chi connectivity index (χ1) is 16.2. The first-order valence-electron chi connectivity index (χ1n) is 11.3. The molecule has 1 aromatic heterocycles. The van der Waals surface area contributed by atoms with E-state index in [4.69, 9.17) is 24.3 Å². The van der Waals surface area contributed by atoms with Gasteiger partial charge in [0.2, 0.25) is 0 Å². The number of hydrogen-bond donors (Lipinski definition) is 0. The van der Waals surface area contributed by atoms with Gasteiger partial charge in [0.25, 0.3) is 0 Å². The van der Waals surface area contributed by atoms with Crippen LogP contribution in [0.4, 0.5) is 4.39 Å². The van der Waals surface area contributed by atoms with E-state index in [2.05, 4.69) is 0 Å². The summed E-state index contributed by atoms with van der Waals surface area (Å²) in [5, 5.41) is 0. The van der Waals surface area contributed by atoms with Gasteiger partial charge in [-0.3, -0.25) is 0 Å². The molecule has 0 bridgehead atoms. The zero-order chi connectivity index (χ0) is 23.9. The quantitative estimate of drug-likeness (QED) is 0.392. The molecular weight excluding hydrogens is 428 g/mol. The van der Waals surface area contributed by atoms with Crippen LogP contribution in [0, 0.1) is 5.82 Å². The number of benzene rings is 3. The molecule has 1 saturated heterocycles. The molecule has 0 aliphatic carbocycles. The lowest BCUT2D eigenvalue weighted by atomic mass is 9.78. The predicted molar refractivity (Wildman–Crippen MR) is 132 cm³/mol. The van der Waals surface area contributed by atoms with Gasteiger partial charge in [0.1, 0.15) is 5.82 Å². The fraction of sp³-hybridized carbons (Fsp3) is 0.222. The standard InChI is InChI=1S/C27H25BFN3O2/c1-26(2)27(3,4)34-28(33-26)21-17-20(15-16-22(21)29)25-31-23(18-11-7-5-8-12-18)30-24(32-25)19-13-9-6-10-14-19/h5-17H,1-4H3. The highest BCUT2D eigenvalue weighted by Gasteiger charge is 2.52. The van der Waals surface area contributed by atoms with E-state index in [1.54, 1.807) is 12.1 Å². The van der Waals surface area contributed by atoms with Crippen LogP contribution in [-0.4, -0.2) is 33.3 Å². The summed E-state index contributed by atoms with van der Waals surface area (Å²) in [5.74, 6) is 1.14. The minimum atomic E-state index is -0.825. The number of aromatic nitrogens is 3. The zero-order valence-electron chi connectivity index (χ0n) is 19.6. The van der Waals surface area contributed by atoms with E-state index in [0.29, 0.717) is 28.5 Å². The maximum absolute atomic E-state index is 14.9. The predicted octanol–water partition coefficient (Wildman–Crippen LogP) is 5.31. The monoisotopic (exact) mass is 453 g/mol. The van der Waals surface area contributed by atoms with Gasteiger partial charge in [-0.15, -0.1) is 0 Å². The van der Waals surface area contributed by atoms with Crippen LogP contribution in [0.2, 0.25) is 0 Å². The Morgan fingerprint density at radius 3 is 1.53 bits per heavy atom. The van der Waals surface area contributed by atoms with Gasteiger partial charge in [0, 0.05) is 22.2 Å². The second-order valence-electron chi connectivity index (χ2n) is 9.36. The number of rotatable bonds is 4. The Balaban J connectivity index is 1.62. The highest BCUT2D eigenvalue weighted by atomic mass is 19.1. The molecule has 0 saturated carbocycles. The highest BCUT2D eigenvalue weighted by molar-refractivity contribution is 6.62. The van der Waals surface area contributed by atoms with E-state index < -0.39 is 24.1 Å². The van der Waals surface area contributed by atoms with Crippen molar-refractivity contribution in [3.63, 3.8) is 0 Å². The largest absolute Gasteiger partial charge is 0.497 e. The molecule has 5 rings (SSSR count). The average Bonchev–Trinajstić information content (AvgIpc) is 3.06. The van der Waals surface area contributed by atoms with Crippen molar-refractivity contribution in [3.05, 3.63) is 84.7 Å². The summed E-state index contributed by atoms with van der Waals surface area (Å²) in [6, 6.07) is 24.2. The number of nitrogens with zero attached hydrogens (tertiary/aromatic N) is 3. The number of halogens is 1. The van der Waals surface area contributed by atoms with Crippen molar-refractivity contribution < 1.29 is 13.7 Å². The van der Waals surface area contributed by atoms with Crippen LogP contribution in [0.15, 0.2) is 78.9 Å². The van der Waals surface area contributed by atoms with Crippen LogP contribution in [0.1, 0.15) is 27.7 Å². The van der Waals surface area contributed by atoms with Gasteiger partial charge in [0.05, 0.1) is 11.2 Å². The molecule has 3 aromatic carbocycles. The summed E-state index contributed by atoms with van der Waals surface area (Å²) in [4.78, 5) is 14.2. The van der Waals surface area contributed by atoms with Crippen LogP contribution < -0.4 is 5.46 Å². The van der Waals surface area contributed by atoms with Crippen molar-refractivity contribution in [3.8, 4) is 34.2 Å². The Hall–Kier alpha value is -3.42. The molecule has 34 heavy (non-hydrogen) atoms. The second-order valence-corrected chi connectivity index (χ2v) is 9.36. The lowest BCUT2D eigenvalue weighted by Gasteiger charge is -2.32. The van der Waals surface area contributed by atoms with Crippen LogP contribution in [0.25, 0.3) is 34.2 Å². The molecule has 0 spiro atoms. The molecule has 0 amide bonds. The Morgan fingerprint density at radius 2 is 1.06 bits per heavy atom. The minimum Gasteiger partial charge on any atom is -0.399 e. The van der Waals surface area contributed by atoms with E-state index in [-0.39, 0.29) is 0 Å². The van der Waals surface area contributed by atoms with Gasteiger partial charge in [-0.1, -0.05) is 60.7 Å². The van der Waals surface area contributed by atoms with Crippen molar-refractivity contribution in [2.45, 2.75) is 38.9 Å². The summed E-state index contributed by atoms with van der Waals surface area (Å²) in [6.07, 6.45) is 0. The van der Waals surface area contributed by atoms with E-state index in [1.165, 1.54) is 6.07 Å². The topological polar surface area (TPSA) is 57.1 Å². The van der Waals surface area contributed by atoms with Crippen LogP contribution in [-0.2, 0) is 9.31 Å². The van der Waals surface area contributed by atoms with Crippen molar-refractivity contribution >= 4 is 12.6 Å². The third-order valence-electron chi connectivity index (χ3n) is 6.46. The molecule has 7 heteroatoms. The SMILES string of the molecule is CC1(C)OB(c2cc(-c3nc(-c4ccccc4)nc(-c4ccccc4)n3)ccc2F)OC1(C)C. The van der Waals surface area contributed by atoms with Crippen molar-refractivity contribution in [1.82, 2.24) is 15.0 Å². The van der Waals surface area contributed by atoms with Gasteiger partial charge < -0.3 is 9.31 Å². The fourth-order valence-electron chi connectivity index (χ4n) is 3.77. The van der Waals surface area contributed by atoms with Crippen molar-refractivity contribution in [1.29, 1.82) is 0 Å². The summed E-state index contributed by atoms with van der Waals surface area (Å²) >= 11 is 0. The summed E-state index contributed by atoms with van der Waals surface area (Å²) in [6.45, 7) is 7.77. The minimum absolute atomic E-state index is 0.319. The van der Waals surface area contributed by atoms with Crippen molar-refractivity contribution in [2.24, 2.45) is 0 Å². The molecular formula is C27H25BFN3O2. The molecule has 0 atom stereocenters. The van der Waals surface area contributed by atoms with Gasteiger partial charge in [-0.25, -0.2) is 19.3 Å². The lowest BCUT2D eigenvalue weighted by molar-refractivity contribution is 0.00578. The summed E-state index contributed by atoms with van der Waals surface area (Å²) < 4.78 is 27.1. The van der Waals surface area contributed by atoms with Crippen molar-refractivity contribution in [2.75, 3.05) is 0 Å². The maximum Gasteiger partial charge on any atom is 0.497 e. The number of hydrogen-bond acceptors (Lipinski definition) is 5. The molecule has 2 heterocycles. The normalized spacial score (nSPS) is 16.6. The molecule has 1 fully saturated rings. The Morgan fingerprint density at radius 1 is 0.618 bits per heavy atom. The summed E-state index contributed by atoms with van der Waals surface area (Å²) in [5.41, 5.74) is 1.57. The Bertz CT molecular complexity index is 1260. The highest BCUT2D eigenvalue weighted by Crippen LogP contribution is 2.37. The smallest absolute Gasteiger partial charge is 0.399 e.